The van der Waals surface area contributed by atoms with Crippen LogP contribution in [0.2, 0.25) is 0 Å². The van der Waals surface area contributed by atoms with Crippen LogP contribution in [0.1, 0.15) is 44.6 Å². The molecule has 0 saturated carbocycles. The van der Waals surface area contributed by atoms with Gasteiger partial charge in [0.25, 0.3) is 5.91 Å². The molecule has 0 aliphatic heterocycles. The van der Waals surface area contributed by atoms with E-state index in [1.54, 1.807) is 12.1 Å². The Bertz CT molecular complexity index is 667. The van der Waals surface area contributed by atoms with Gasteiger partial charge in [0.2, 0.25) is 0 Å². The van der Waals surface area contributed by atoms with Crippen LogP contribution in [-0.4, -0.2) is 28.8 Å². The largest absolute Gasteiger partial charge is 0.491 e. The van der Waals surface area contributed by atoms with Crippen molar-refractivity contribution in [1.82, 2.24) is 15.5 Å². The normalized spacial score (nSPS) is 10.8. The monoisotopic (exact) mass is 342 g/mol. The van der Waals surface area contributed by atoms with Gasteiger partial charge in [0.1, 0.15) is 5.75 Å². The van der Waals surface area contributed by atoms with E-state index in [0.717, 1.165) is 17.9 Å². The van der Waals surface area contributed by atoms with Crippen molar-refractivity contribution in [1.29, 1.82) is 0 Å². The van der Waals surface area contributed by atoms with Crippen LogP contribution >= 0.6 is 0 Å². The van der Waals surface area contributed by atoms with Crippen molar-refractivity contribution < 1.29 is 9.53 Å². The summed E-state index contributed by atoms with van der Waals surface area (Å²) in [6.07, 6.45) is 1.08. The molecule has 0 saturated heterocycles. The van der Waals surface area contributed by atoms with Crippen molar-refractivity contribution in [2.24, 2.45) is 5.92 Å². The van der Waals surface area contributed by atoms with Gasteiger partial charge in [-0.15, -0.1) is 10.2 Å². The predicted molar refractivity (Wildman–Crippen MR) is 99.3 cm³/mol. The molecule has 0 radical (unpaired) electrons. The van der Waals surface area contributed by atoms with Crippen LogP contribution in [0, 0.1) is 5.92 Å². The third-order valence-corrected chi connectivity index (χ3v) is 3.40. The third-order valence-electron chi connectivity index (χ3n) is 3.40. The highest BCUT2D eigenvalue weighted by Gasteiger charge is 2.08. The molecule has 0 unspecified atom stereocenters. The molecule has 2 aromatic rings. The predicted octanol–water partition coefficient (Wildman–Crippen LogP) is 3.78. The fourth-order valence-electron chi connectivity index (χ4n) is 2.12. The minimum absolute atomic E-state index is 0.143. The fraction of sp³-hybridized carbons (Fsp3) is 0.421. The molecular weight excluding hydrogens is 316 g/mol. The summed E-state index contributed by atoms with van der Waals surface area (Å²) in [5.74, 6) is 1.75. The Hall–Kier alpha value is -2.63. The van der Waals surface area contributed by atoms with E-state index in [0.29, 0.717) is 24.0 Å². The van der Waals surface area contributed by atoms with Crippen LogP contribution in [-0.2, 0) is 0 Å². The minimum Gasteiger partial charge on any atom is -0.491 e. The van der Waals surface area contributed by atoms with Gasteiger partial charge in [-0.25, -0.2) is 0 Å². The Morgan fingerprint density at radius 1 is 1.04 bits per heavy atom. The number of ether oxygens (including phenoxy) is 1. The number of carbonyl (C=O) groups is 1. The summed E-state index contributed by atoms with van der Waals surface area (Å²) >= 11 is 0. The lowest BCUT2D eigenvalue weighted by molar-refractivity contribution is 0.0946. The first-order valence-corrected chi connectivity index (χ1v) is 8.59. The molecule has 6 nitrogen and oxygen atoms in total. The van der Waals surface area contributed by atoms with Gasteiger partial charge in [0.05, 0.1) is 6.10 Å². The maximum Gasteiger partial charge on any atom is 0.271 e. The molecule has 1 aromatic carbocycles. The number of hydrogen-bond acceptors (Lipinski definition) is 5. The average Bonchev–Trinajstić information content (AvgIpc) is 2.56. The van der Waals surface area contributed by atoms with Crippen molar-refractivity contribution in [2.45, 2.75) is 40.2 Å². The van der Waals surface area contributed by atoms with Crippen molar-refractivity contribution >= 4 is 17.4 Å². The first kappa shape index (κ1) is 18.7. The van der Waals surface area contributed by atoms with Crippen molar-refractivity contribution in [3.05, 3.63) is 42.1 Å². The van der Waals surface area contributed by atoms with Crippen molar-refractivity contribution in [2.75, 3.05) is 11.9 Å². The van der Waals surface area contributed by atoms with Crippen LogP contribution in [0.4, 0.5) is 11.5 Å². The summed E-state index contributed by atoms with van der Waals surface area (Å²) < 4.78 is 5.61. The topological polar surface area (TPSA) is 76.1 Å². The molecule has 0 spiro atoms. The molecule has 0 bridgehead atoms. The van der Waals surface area contributed by atoms with E-state index in [4.69, 9.17) is 4.74 Å². The van der Waals surface area contributed by atoms with E-state index < -0.39 is 0 Å². The summed E-state index contributed by atoms with van der Waals surface area (Å²) in [5, 5.41) is 14.0. The highest BCUT2D eigenvalue weighted by atomic mass is 16.5. The molecule has 0 fully saturated rings. The summed E-state index contributed by atoms with van der Waals surface area (Å²) in [5.41, 5.74) is 1.19. The summed E-state index contributed by atoms with van der Waals surface area (Å²) in [4.78, 5) is 12.0. The lowest BCUT2D eigenvalue weighted by Crippen LogP contribution is -2.26. The Kier molecular flexibility index (Phi) is 6.74. The number of aromatic nitrogens is 2. The zero-order valence-corrected chi connectivity index (χ0v) is 15.2. The van der Waals surface area contributed by atoms with Crippen LogP contribution in [0.5, 0.6) is 5.75 Å². The average molecular weight is 342 g/mol. The van der Waals surface area contributed by atoms with E-state index in [1.807, 2.05) is 38.1 Å². The molecule has 2 N–H and O–H groups in total. The number of rotatable bonds is 8. The highest BCUT2D eigenvalue weighted by molar-refractivity contribution is 5.92. The lowest BCUT2D eigenvalue weighted by Gasteiger charge is -2.11. The molecule has 1 heterocycles. The maximum absolute atomic E-state index is 12.0. The number of nitrogens with zero attached hydrogens (tertiary/aromatic N) is 2. The van der Waals surface area contributed by atoms with E-state index in [2.05, 4.69) is 34.7 Å². The Morgan fingerprint density at radius 2 is 1.76 bits per heavy atom. The first-order valence-electron chi connectivity index (χ1n) is 8.59. The van der Waals surface area contributed by atoms with E-state index >= 15 is 0 Å². The van der Waals surface area contributed by atoms with E-state index in [1.165, 1.54) is 0 Å². The quantitative estimate of drug-likeness (QED) is 0.763. The Balaban J connectivity index is 1.90. The van der Waals surface area contributed by atoms with Gasteiger partial charge in [-0.2, -0.15) is 0 Å². The smallest absolute Gasteiger partial charge is 0.271 e. The van der Waals surface area contributed by atoms with Crippen LogP contribution < -0.4 is 15.4 Å². The molecule has 134 valence electrons. The fourth-order valence-corrected chi connectivity index (χ4v) is 2.12. The number of carbonyl (C=O) groups excluding carboxylic acids is 1. The Morgan fingerprint density at radius 3 is 2.32 bits per heavy atom. The highest BCUT2D eigenvalue weighted by Crippen LogP contribution is 2.19. The van der Waals surface area contributed by atoms with E-state index in [9.17, 15) is 4.79 Å². The molecule has 1 amide bonds. The second-order valence-electron chi connectivity index (χ2n) is 6.56. The molecule has 0 aliphatic carbocycles. The number of nitrogens with one attached hydrogen (secondary N) is 2. The zero-order chi connectivity index (χ0) is 18.2. The molecule has 1 aromatic heterocycles. The molecule has 25 heavy (non-hydrogen) atoms. The molecule has 0 aliphatic rings. The zero-order valence-electron chi connectivity index (χ0n) is 15.2. The Labute approximate surface area is 149 Å². The van der Waals surface area contributed by atoms with Crippen LogP contribution in [0.3, 0.4) is 0 Å². The van der Waals surface area contributed by atoms with Gasteiger partial charge in [-0.05, 0) is 62.6 Å². The molecule has 6 heteroatoms. The van der Waals surface area contributed by atoms with Gasteiger partial charge in [-0.3, -0.25) is 4.79 Å². The lowest BCUT2D eigenvalue weighted by atomic mass is 10.1. The van der Waals surface area contributed by atoms with Crippen molar-refractivity contribution in [3.8, 4) is 5.75 Å². The maximum atomic E-state index is 12.0. The molecule has 2 rings (SSSR count). The molecule has 0 atom stereocenters. The van der Waals surface area contributed by atoms with Gasteiger partial charge in [-0.1, -0.05) is 13.8 Å². The standard InChI is InChI=1S/C19H26N4O2/c1-13(2)11-12-20-19(24)17-9-10-18(23-22-17)21-15-5-7-16(8-6-15)25-14(3)4/h5-10,13-14H,11-12H2,1-4H3,(H,20,24)(H,21,23). The van der Waals surface area contributed by atoms with Crippen LogP contribution in [0.15, 0.2) is 36.4 Å². The summed E-state index contributed by atoms with van der Waals surface area (Å²) in [6.45, 7) is 8.86. The van der Waals surface area contributed by atoms with Gasteiger partial charge in [0.15, 0.2) is 11.5 Å². The summed E-state index contributed by atoms with van der Waals surface area (Å²) in [6, 6.07) is 11.0. The van der Waals surface area contributed by atoms with Crippen LogP contribution in [0.25, 0.3) is 0 Å². The summed E-state index contributed by atoms with van der Waals surface area (Å²) in [7, 11) is 0. The second-order valence-corrected chi connectivity index (χ2v) is 6.56. The molecular formula is C19H26N4O2. The minimum atomic E-state index is -0.199. The number of benzene rings is 1. The van der Waals surface area contributed by atoms with Gasteiger partial charge < -0.3 is 15.4 Å². The second kappa shape index (κ2) is 9.01. The SMILES string of the molecule is CC(C)CCNC(=O)c1ccc(Nc2ccc(OC(C)C)cc2)nn1. The van der Waals surface area contributed by atoms with E-state index in [-0.39, 0.29) is 12.0 Å². The number of amides is 1. The number of anilines is 2. The first-order chi connectivity index (χ1) is 11.9. The van der Waals surface area contributed by atoms with Crippen molar-refractivity contribution in [3.63, 3.8) is 0 Å². The number of hydrogen-bond donors (Lipinski definition) is 2. The van der Waals surface area contributed by atoms with Gasteiger partial charge >= 0.3 is 0 Å². The third kappa shape index (κ3) is 6.41. The van der Waals surface area contributed by atoms with Gasteiger partial charge in [0, 0.05) is 12.2 Å².